The number of anilines is 5. The van der Waals surface area contributed by atoms with Crippen molar-refractivity contribution in [1.29, 1.82) is 0 Å². The SMILES string of the molecule is NC(=O)Nc1cc(Nc2nc(Cl)nc(Nc3ccc(S(=O)(=O)CCOS(=O)(=O)O)cc3)n2)ccc1N=Nc1cc2c(S(=O)(=O)[O-])cc(S(=O)(=O)[O-])cc2cc1S(=O)(=O)[O-].[Na+].[Na+].[Na+].[Na+]. The Balaban J connectivity index is 0.00000496. The third-order valence-corrected chi connectivity index (χ3v) is 12.1. The summed E-state index contributed by atoms with van der Waals surface area (Å²) in [7, 11) is -25.2. The quantitative estimate of drug-likeness (QED) is 0.0369. The van der Waals surface area contributed by atoms with Crippen molar-refractivity contribution in [1.82, 2.24) is 15.0 Å². The molecule has 35 heteroatoms. The summed E-state index contributed by atoms with van der Waals surface area (Å²) in [4.78, 5) is 20.0. The van der Waals surface area contributed by atoms with Crippen LogP contribution in [0.25, 0.3) is 10.8 Å². The molecule has 1 heterocycles. The fourth-order valence-corrected chi connectivity index (χ4v) is 8.42. The number of benzene rings is 4. The molecule has 0 saturated heterocycles. The number of carbonyl (C=O) groups is 1. The summed E-state index contributed by atoms with van der Waals surface area (Å²) in [6.07, 6.45) is 0. The molecule has 0 spiro atoms. The Morgan fingerprint density at radius 1 is 0.683 bits per heavy atom. The summed E-state index contributed by atoms with van der Waals surface area (Å²) in [5.74, 6) is -1.14. The number of hydrogen-bond donors (Lipinski definition) is 5. The molecular formula is C28H21ClN9Na4O16S5+. The van der Waals surface area contributed by atoms with E-state index in [2.05, 4.69) is 45.3 Å². The second kappa shape index (κ2) is 23.5. The Hall–Kier alpha value is -1.54. The number of halogens is 1. The summed E-state index contributed by atoms with van der Waals surface area (Å²) >= 11 is 6.07. The van der Waals surface area contributed by atoms with Crippen LogP contribution in [0.1, 0.15) is 0 Å². The van der Waals surface area contributed by atoms with Crippen molar-refractivity contribution in [3.8, 4) is 0 Å². The number of nitrogens with one attached hydrogen (secondary N) is 3. The number of rotatable bonds is 15. The van der Waals surface area contributed by atoms with E-state index in [0.717, 1.165) is 0 Å². The number of sulfone groups is 1. The number of primary amides is 1. The first-order valence-corrected chi connectivity index (χ1v) is 22.8. The monoisotopic (exact) mass is 1030 g/mol. The second-order valence-electron chi connectivity index (χ2n) is 11.3. The third-order valence-electron chi connectivity index (χ3n) is 7.23. The van der Waals surface area contributed by atoms with Crippen molar-refractivity contribution in [3.05, 3.63) is 72.0 Å². The van der Waals surface area contributed by atoms with Crippen LogP contribution >= 0.6 is 11.6 Å². The van der Waals surface area contributed by atoms with E-state index < -0.39 is 100 Å². The molecule has 5 rings (SSSR count). The summed E-state index contributed by atoms with van der Waals surface area (Å²) in [5.41, 5.74) is 4.32. The van der Waals surface area contributed by atoms with Gasteiger partial charge in [0.1, 0.15) is 41.7 Å². The van der Waals surface area contributed by atoms with Crippen LogP contribution in [0.4, 0.5) is 45.1 Å². The fraction of sp³-hybridized carbons (Fsp3) is 0.0714. The normalized spacial score (nSPS) is 12.0. The first-order valence-electron chi connectivity index (χ1n) is 15.2. The number of hydrogen-bond acceptors (Lipinski definition) is 22. The zero-order valence-electron chi connectivity index (χ0n) is 32.6. The van der Waals surface area contributed by atoms with Crippen LogP contribution in [0.5, 0.6) is 0 Å². The van der Waals surface area contributed by atoms with Crippen LogP contribution in [0, 0.1) is 0 Å². The fourth-order valence-electron chi connectivity index (χ4n) is 4.82. The number of fused-ring (bicyclic) bond motifs is 1. The van der Waals surface area contributed by atoms with Gasteiger partial charge >= 0.3 is 135 Å². The van der Waals surface area contributed by atoms with Crippen molar-refractivity contribution in [2.24, 2.45) is 16.0 Å². The van der Waals surface area contributed by atoms with Crippen molar-refractivity contribution >= 4 is 119 Å². The van der Waals surface area contributed by atoms with Crippen molar-refractivity contribution in [2.45, 2.75) is 19.6 Å². The minimum atomic E-state index is -5.52. The largest absolute Gasteiger partial charge is 1.00 e. The van der Waals surface area contributed by atoms with Gasteiger partial charge in [-0.25, -0.2) is 42.6 Å². The van der Waals surface area contributed by atoms with Crippen molar-refractivity contribution in [3.63, 3.8) is 0 Å². The van der Waals surface area contributed by atoms with E-state index in [1.54, 1.807) is 0 Å². The topological polar surface area (TPSA) is 412 Å². The first-order chi connectivity index (χ1) is 27.2. The van der Waals surface area contributed by atoms with Crippen LogP contribution in [0.3, 0.4) is 0 Å². The van der Waals surface area contributed by atoms with Gasteiger partial charge in [0.05, 0.1) is 37.6 Å². The number of aromatic nitrogens is 3. The molecule has 5 aromatic rings. The molecule has 0 saturated carbocycles. The molecule has 0 aliphatic carbocycles. The van der Waals surface area contributed by atoms with Gasteiger partial charge in [-0.05, 0) is 83.7 Å². The van der Waals surface area contributed by atoms with Crippen LogP contribution in [0.2, 0.25) is 5.28 Å². The van der Waals surface area contributed by atoms with Gasteiger partial charge in [-0.15, -0.1) is 10.2 Å². The molecule has 25 nitrogen and oxygen atoms in total. The number of nitrogens with zero attached hydrogens (tertiary/aromatic N) is 5. The van der Waals surface area contributed by atoms with Crippen molar-refractivity contribution in [2.75, 3.05) is 28.3 Å². The zero-order chi connectivity index (χ0) is 43.7. The molecule has 2 amide bonds. The second-order valence-corrected chi connectivity index (χ2v) is 19.0. The Kier molecular flexibility index (Phi) is 22.1. The Morgan fingerprint density at radius 3 is 1.75 bits per heavy atom. The first kappa shape index (κ1) is 59.5. The minimum Gasteiger partial charge on any atom is -0.744 e. The van der Waals surface area contributed by atoms with Gasteiger partial charge in [-0.3, -0.25) is 4.55 Å². The Labute approximate surface area is 451 Å². The van der Waals surface area contributed by atoms with E-state index in [0.29, 0.717) is 18.2 Å². The third kappa shape index (κ3) is 16.9. The predicted molar refractivity (Wildman–Crippen MR) is 199 cm³/mol. The maximum absolute atomic E-state index is 12.5. The smallest absolute Gasteiger partial charge is 0.744 e. The molecule has 0 unspecified atom stereocenters. The van der Waals surface area contributed by atoms with Gasteiger partial charge in [0.2, 0.25) is 17.2 Å². The Morgan fingerprint density at radius 2 is 1.22 bits per heavy atom. The van der Waals surface area contributed by atoms with Gasteiger partial charge < -0.3 is 35.3 Å². The molecule has 1 aromatic heterocycles. The van der Waals surface area contributed by atoms with Gasteiger partial charge in [0.25, 0.3) is 0 Å². The minimum absolute atomic E-state index is 0. The van der Waals surface area contributed by atoms with E-state index in [1.165, 1.54) is 42.5 Å². The van der Waals surface area contributed by atoms with Gasteiger partial charge in [-0.2, -0.15) is 23.4 Å². The van der Waals surface area contributed by atoms with E-state index in [9.17, 15) is 60.5 Å². The molecule has 0 aliphatic heterocycles. The number of azo groups is 1. The van der Waals surface area contributed by atoms with Crippen LogP contribution < -0.4 is 140 Å². The average Bonchev–Trinajstić information content (AvgIpc) is 3.08. The maximum Gasteiger partial charge on any atom is 1.00 e. The predicted octanol–water partition coefficient (Wildman–Crippen LogP) is -9.61. The summed E-state index contributed by atoms with van der Waals surface area (Å²) in [6, 6.07) is 9.43. The molecule has 314 valence electrons. The molecule has 63 heavy (non-hydrogen) atoms. The van der Waals surface area contributed by atoms with Gasteiger partial charge in [0, 0.05) is 16.8 Å². The maximum atomic E-state index is 12.5. The van der Waals surface area contributed by atoms with E-state index >= 15 is 0 Å². The molecular weight excluding hydrogens is 1010 g/mol. The van der Waals surface area contributed by atoms with Gasteiger partial charge in [0.15, 0.2) is 9.84 Å². The van der Waals surface area contributed by atoms with Crippen LogP contribution in [-0.4, -0.2) is 93.6 Å². The van der Waals surface area contributed by atoms with E-state index in [-0.39, 0.29) is 169 Å². The summed E-state index contributed by atoms with van der Waals surface area (Å²) in [6.45, 7) is -0.833. The summed E-state index contributed by atoms with van der Waals surface area (Å²) < 4.78 is 166. The number of amides is 2. The molecule has 0 bridgehead atoms. The zero-order valence-corrected chi connectivity index (χ0v) is 45.4. The molecule has 0 fully saturated rings. The Bertz CT molecular complexity index is 3140. The molecule has 0 radical (unpaired) electrons. The number of carbonyl (C=O) groups excluding carboxylic acids is 1. The van der Waals surface area contributed by atoms with E-state index in [1.807, 2.05) is 0 Å². The van der Waals surface area contributed by atoms with Crippen LogP contribution in [0.15, 0.2) is 96.5 Å². The van der Waals surface area contributed by atoms with Gasteiger partial charge in [-0.1, -0.05) is 0 Å². The molecule has 4 aromatic carbocycles. The number of nitrogens with two attached hydrogens (primary N) is 1. The number of urea groups is 1. The summed E-state index contributed by atoms with van der Waals surface area (Å²) in [5, 5.41) is 13.7. The van der Waals surface area contributed by atoms with E-state index in [4.69, 9.17) is 21.9 Å². The molecule has 0 atom stereocenters. The molecule has 0 aliphatic rings. The van der Waals surface area contributed by atoms with Crippen LogP contribution in [-0.2, 0) is 54.8 Å². The van der Waals surface area contributed by atoms with Crippen molar-refractivity contribution < 1.29 is 188 Å². The standard InChI is InChI=1S/C28H24ClN9O16S5.4Na/c29-25-34-27(31-15-1-4-17(5-2-15)55(40,41)8-7-54-59(51,52)53)36-28(35-25)32-16-3-6-20(21(11-16)33-26(30)39)37-38-22-13-19-14(10-24(22)58(48,49)50)9-18(56(42,43)44)12-23(19)57(45,46)47;;;;/h1-6,9-13H,7-8H2,(H3,30,33,39)(H,42,43,44)(H,45,46,47)(H,48,49,50)(H,51,52,53)(H2,31,32,34,35,36);;;;/q;4*+1/p-3. The molecule has 6 N–H and O–H groups in total. The average molecular weight is 1030 g/mol.